The van der Waals surface area contributed by atoms with Gasteiger partial charge in [-0.05, 0) is 69.1 Å². The average molecular weight is 357 g/mol. The summed E-state index contributed by atoms with van der Waals surface area (Å²) in [6.45, 7) is 2.60. The Morgan fingerprint density at radius 3 is 2.42 bits per heavy atom. The van der Waals surface area contributed by atoms with E-state index in [2.05, 4.69) is 20.7 Å². The summed E-state index contributed by atoms with van der Waals surface area (Å²) < 4.78 is 0. The number of carbonyl (C=O) groups is 2. The van der Waals surface area contributed by atoms with Gasteiger partial charge < -0.3 is 10.2 Å². The van der Waals surface area contributed by atoms with E-state index in [0.717, 1.165) is 18.3 Å². The minimum atomic E-state index is -0.113. The summed E-state index contributed by atoms with van der Waals surface area (Å²) in [5.41, 5.74) is 0.338. The van der Waals surface area contributed by atoms with Crippen LogP contribution in [0.5, 0.6) is 0 Å². The molecule has 1 aromatic heterocycles. The van der Waals surface area contributed by atoms with Crippen LogP contribution in [0.25, 0.3) is 0 Å². The third-order valence-corrected chi connectivity index (χ3v) is 7.35. The molecule has 4 aliphatic carbocycles. The Labute approximate surface area is 153 Å². The van der Waals surface area contributed by atoms with Crippen LogP contribution in [0.3, 0.4) is 0 Å². The lowest BCUT2D eigenvalue weighted by Gasteiger charge is -2.53. The second kappa shape index (κ2) is 6.06. The smallest absolute Gasteiger partial charge is 0.276 e. The third-order valence-electron chi connectivity index (χ3n) is 7.35. The van der Waals surface area contributed by atoms with Crippen molar-refractivity contribution < 1.29 is 9.59 Å². The third kappa shape index (κ3) is 2.63. The molecule has 1 saturated heterocycles. The molecule has 4 saturated carbocycles. The predicted octanol–water partition coefficient (Wildman–Crippen LogP) is 1.60. The summed E-state index contributed by atoms with van der Waals surface area (Å²) in [4.78, 5) is 27.4. The lowest BCUT2D eigenvalue weighted by molar-refractivity contribution is -0.138. The Morgan fingerprint density at radius 2 is 1.81 bits per heavy atom. The van der Waals surface area contributed by atoms with Crippen molar-refractivity contribution in [2.24, 2.45) is 29.6 Å². The first-order valence-electron chi connectivity index (χ1n) is 10.1. The first kappa shape index (κ1) is 16.3. The lowest BCUT2D eigenvalue weighted by Crippen LogP contribution is -2.52. The van der Waals surface area contributed by atoms with Crippen LogP contribution >= 0.6 is 0 Å². The number of hydrogen-bond acceptors (Lipinski definition) is 4. The van der Waals surface area contributed by atoms with Gasteiger partial charge >= 0.3 is 0 Å². The topological polar surface area (TPSA) is 91.0 Å². The van der Waals surface area contributed by atoms with Crippen LogP contribution in [0.2, 0.25) is 0 Å². The molecule has 1 aliphatic heterocycles. The number of amides is 2. The number of nitrogens with one attached hydrogen (secondary N) is 2. The van der Waals surface area contributed by atoms with Crippen LogP contribution in [0.1, 0.15) is 55.9 Å². The minimum Gasteiger partial charge on any atom is -0.351 e. The highest BCUT2D eigenvalue weighted by atomic mass is 16.2. The summed E-state index contributed by atoms with van der Waals surface area (Å²) >= 11 is 0. The van der Waals surface area contributed by atoms with E-state index in [1.807, 2.05) is 6.92 Å². The van der Waals surface area contributed by atoms with Gasteiger partial charge in [-0.15, -0.1) is 0 Å². The van der Waals surface area contributed by atoms with E-state index in [9.17, 15) is 9.59 Å². The maximum absolute atomic E-state index is 13.1. The van der Waals surface area contributed by atoms with Crippen LogP contribution in [-0.4, -0.2) is 50.8 Å². The predicted molar refractivity (Wildman–Crippen MR) is 94.0 cm³/mol. The molecule has 7 nitrogen and oxygen atoms in total. The summed E-state index contributed by atoms with van der Waals surface area (Å²) in [5, 5.41) is 13.4. The highest BCUT2D eigenvalue weighted by Crippen LogP contribution is 2.56. The molecule has 5 fully saturated rings. The van der Waals surface area contributed by atoms with Gasteiger partial charge in [-0.1, -0.05) is 0 Å². The quantitative estimate of drug-likeness (QED) is 0.859. The van der Waals surface area contributed by atoms with E-state index < -0.39 is 0 Å². The van der Waals surface area contributed by atoms with E-state index in [1.54, 1.807) is 4.90 Å². The molecular weight excluding hydrogens is 330 g/mol. The summed E-state index contributed by atoms with van der Waals surface area (Å²) in [5.74, 6) is 3.28. The maximum Gasteiger partial charge on any atom is 0.276 e. The molecule has 26 heavy (non-hydrogen) atoms. The molecular formula is C19H27N5O2. The Kier molecular flexibility index (Phi) is 3.79. The van der Waals surface area contributed by atoms with Gasteiger partial charge in [-0.2, -0.15) is 15.4 Å². The van der Waals surface area contributed by atoms with Gasteiger partial charge in [0.1, 0.15) is 0 Å². The Bertz CT molecular complexity index is 675. The number of aromatic nitrogens is 3. The van der Waals surface area contributed by atoms with Gasteiger partial charge in [0.15, 0.2) is 5.69 Å². The van der Waals surface area contributed by atoms with Gasteiger partial charge in [-0.3, -0.25) is 9.59 Å². The first-order chi connectivity index (χ1) is 12.6. The molecule has 2 N–H and O–H groups in total. The highest BCUT2D eigenvalue weighted by Gasteiger charge is 2.51. The fraction of sp³-hybridized carbons (Fsp3) is 0.789. The van der Waals surface area contributed by atoms with Gasteiger partial charge in [0.2, 0.25) is 5.91 Å². The number of aromatic amines is 1. The van der Waals surface area contributed by atoms with E-state index in [1.165, 1.54) is 38.3 Å². The average Bonchev–Trinajstić information content (AvgIpc) is 3.23. The normalized spacial score (nSPS) is 40.8. The molecule has 4 bridgehead atoms. The molecule has 5 aliphatic rings. The minimum absolute atomic E-state index is 0.0468. The second-order valence-electron chi connectivity index (χ2n) is 9.06. The molecule has 0 aromatic carbocycles. The van der Waals surface area contributed by atoms with Crippen LogP contribution in [0, 0.1) is 29.6 Å². The van der Waals surface area contributed by atoms with Crippen LogP contribution in [0.15, 0.2) is 6.20 Å². The van der Waals surface area contributed by atoms with Crippen molar-refractivity contribution in [2.45, 2.75) is 57.5 Å². The number of carbonyl (C=O) groups excluding carboxylic acids is 2. The number of likely N-dealkylation sites (tertiary alicyclic amines) is 1. The fourth-order valence-electron chi connectivity index (χ4n) is 6.52. The van der Waals surface area contributed by atoms with Crippen LogP contribution in [-0.2, 0) is 4.79 Å². The Balaban J connectivity index is 1.23. The molecule has 2 heterocycles. The van der Waals surface area contributed by atoms with E-state index in [-0.39, 0.29) is 29.8 Å². The monoisotopic (exact) mass is 357 g/mol. The van der Waals surface area contributed by atoms with Crippen molar-refractivity contribution in [1.29, 1.82) is 0 Å². The van der Waals surface area contributed by atoms with E-state index in [0.29, 0.717) is 24.1 Å². The number of H-pyrrole nitrogens is 1. The molecule has 2 amide bonds. The zero-order valence-corrected chi connectivity index (χ0v) is 15.2. The molecule has 140 valence electrons. The van der Waals surface area contributed by atoms with Crippen molar-refractivity contribution in [3.63, 3.8) is 0 Å². The Hall–Kier alpha value is -1.92. The second-order valence-corrected chi connectivity index (χ2v) is 9.06. The zero-order chi connectivity index (χ0) is 17.8. The van der Waals surface area contributed by atoms with Gasteiger partial charge in [-0.25, -0.2) is 0 Å². The Morgan fingerprint density at radius 1 is 1.12 bits per heavy atom. The summed E-state index contributed by atoms with van der Waals surface area (Å²) in [6, 6.07) is 0.147. The summed E-state index contributed by atoms with van der Waals surface area (Å²) in [6.07, 6.45) is 8.68. The van der Waals surface area contributed by atoms with E-state index in [4.69, 9.17) is 0 Å². The van der Waals surface area contributed by atoms with Crippen molar-refractivity contribution in [3.8, 4) is 0 Å². The lowest BCUT2D eigenvalue weighted by atomic mass is 9.51. The fourth-order valence-corrected chi connectivity index (χ4v) is 6.52. The van der Waals surface area contributed by atoms with Crippen molar-refractivity contribution >= 4 is 11.8 Å². The van der Waals surface area contributed by atoms with Crippen LogP contribution in [0.4, 0.5) is 0 Å². The van der Waals surface area contributed by atoms with E-state index >= 15 is 0 Å². The SMILES string of the molecule is CC1CC(NC(=O)C2C3CC4CC(C3)CC2C4)CN1C(=O)c1cn[nH]n1. The van der Waals surface area contributed by atoms with Gasteiger partial charge in [0.05, 0.1) is 6.20 Å². The number of hydrogen-bond donors (Lipinski definition) is 2. The molecule has 0 spiro atoms. The van der Waals surface area contributed by atoms with Crippen molar-refractivity contribution in [1.82, 2.24) is 25.6 Å². The number of rotatable bonds is 3. The summed E-state index contributed by atoms with van der Waals surface area (Å²) in [7, 11) is 0. The standard InChI is InChI=1S/C19H27N5O2/c1-10-2-15(9-24(10)19(26)16-8-20-23-22-16)21-18(25)17-13-4-11-3-12(6-13)7-14(17)5-11/h8,10-15,17H,2-7,9H2,1H3,(H,21,25)(H,20,22,23). The molecule has 1 aromatic rings. The molecule has 7 heteroatoms. The molecule has 0 radical (unpaired) electrons. The molecule has 2 unspecified atom stereocenters. The maximum atomic E-state index is 13.1. The van der Waals surface area contributed by atoms with Crippen molar-refractivity contribution in [2.75, 3.05) is 6.54 Å². The van der Waals surface area contributed by atoms with Gasteiger partial charge in [0.25, 0.3) is 5.91 Å². The molecule has 2 atom stereocenters. The largest absolute Gasteiger partial charge is 0.351 e. The number of nitrogens with zero attached hydrogens (tertiary/aromatic N) is 3. The van der Waals surface area contributed by atoms with Crippen molar-refractivity contribution in [3.05, 3.63) is 11.9 Å². The highest BCUT2D eigenvalue weighted by molar-refractivity contribution is 5.92. The molecule has 6 rings (SSSR count). The van der Waals surface area contributed by atoms with Gasteiger partial charge in [0, 0.05) is 24.5 Å². The van der Waals surface area contributed by atoms with Crippen LogP contribution < -0.4 is 5.32 Å². The first-order valence-corrected chi connectivity index (χ1v) is 10.1. The zero-order valence-electron chi connectivity index (χ0n) is 15.2.